The maximum atomic E-state index is 3.56. The molecule has 2 atom stereocenters. The minimum Gasteiger partial charge on any atom is -0.311 e. The maximum absolute atomic E-state index is 3.56. The molecule has 0 aromatic rings. The van der Waals surface area contributed by atoms with Gasteiger partial charge in [-0.05, 0) is 38.5 Å². The number of hydrogen-bond donors (Lipinski definition) is 1. The minimum atomic E-state index is 0. The molecule has 1 saturated heterocycles. The first kappa shape index (κ1) is 15.3. The second kappa shape index (κ2) is 6.96. The van der Waals surface area contributed by atoms with Crippen molar-refractivity contribution in [2.24, 2.45) is 11.8 Å². The van der Waals surface area contributed by atoms with Crippen LogP contribution in [0.2, 0.25) is 0 Å². The molecule has 2 rings (SSSR count). The second-order valence-corrected chi connectivity index (χ2v) is 6.24. The predicted molar refractivity (Wildman–Crippen MR) is 76.9 cm³/mol. The van der Waals surface area contributed by atoms with Crippen LogP contribution in [0.5, 0.6) is 0 Å². The molecule has 0 aromatic heterocycles. The first-order valence-electron chi connectivity index (χ1n) is 7.12. The van der Waals surface area contributed by atoms with Gasteiger partial charge in [-0.25, -0.2) is 0 Å². The van der Waals surface area contributed by atoms with Crippen molar-refractivity contribution in [1.29, 1.82) is 0 Å². The SMILES string of the molecule is CC1CCC(CN2CC(C)NCC2C)CC1.Cl. The summed E-state index contributed by atoms with van der Waals surface area (Å²) < 4.78 is 0. The molecule has 1 saturated carbocycles. The van der Waals surface area contributed by atoms with Gasteiger partial charge < -0.3 is 5.32 Å². The number of piperazine rings is 1. The molecule has 1 aliphatic carbocycles. The smallest absolute Gasteiger partial charge is 0.0193 e. The molecule has 2 unspecified atom stereocenters. The van der Waals surface area contributed by atoms with Crippen LogP contribution < -0.4 is 5.32 Å². The molecule has 1 heterocycles. The monoisotopic (exact) mass is 260 g/mol. The van der Waals surface area contributed by atoms with Gasteiger partial charge >= 0.3 is 0 Å². The van der Waals surface area contributed by atoms with Crippen LogP contribution in [0.4, 0.5) is 0 Å². The van der Waals surface area contributed by atoms with Gasteiger partial charge in [0.15, 0.2) is 0 Å². The van der Waals surface area contributed by atoms with E-state index in [4.69, 9.17) is 0 Å². The Labute approximate surface area is 113 Å². The van der Waals surface area contributed by atoms with Crippen LogP contribution in [0, 0.1) is 11.8 Å². The second-order valence-electron chi connectivity index (χ2n) is 6.24. The van der Waals surface area contributed by atoms with Gasteiger partial charge in [0.2, 0.25) is 0 Å². The molecule has 1 aliphatic heterocycles. The molecule has 3 heteroatoms. The van der Waals surface area contributed by atoms with E-state index in [1.54, 1.807) is 0 Å². The third-order valence-electron chi connectivity index (χ3n) is 4.52. The summed E-state index contributed by atoms with van der Waals surface area (Å²) in [5, 5.41) is 3.56. The first-order valence-corrected chi connectivity index (χ1v) is 7.12. The summed E-state index contributed by atoms with van der Waals surface area (Å²) in [7, 11) is 0. The Hall–Kier alpha value is 0.210. The summed E-state index contributed by atoms with van der Waals surface area (Å²) in [4.78, 5) is 2.71. The molecule has 2 aliphatic rings. The van der Waals surface area contributed by atoms with Crippen LogP contribution in [-0.2, 0) is 0 Å². The molecule has 1 N–H and O–H groups in total. The highest BCUT2D eigenvalue weighted by Crippen LogP contribution is 2.29. The Kier molecular flexibility index (Phi) is 6.25. The lowest BCUT2D eigenvalue weighted by molar-refractivity contribution is 0.107. The number of halogens is 1. The van der Waals surface area contributed by atoms with Gasteiger partial charge in [0, 0.05) is 31.7 Å². The van der Waals surface area contributed by atoms with Gasteiger partial charge in [-0.3, -0.25) is 4.90 Å². The summed E-state index contributed by atoms with van der Waals surface area (Å²) in [6.45, 7) is 10.8. The summed E-state index contributed by atoms with van der Waals surface area (Å²) in [6, 6.07) is 1.41. The molecule has 0 spiro atoms. The van der Waals surface area contributed by atoms with E-state index in [0.29, 0.717) is 6.04 Å². The van der Waals surface area contributed by atoms with Crippen molar-refractivity contribution < 1.29 is 0 Å². The van der Waals surface area contributed by atoms with Gasteiger partial charge in [-0.2, -0.15) is 0 Å². The van der Waals surface area contributed by atoms with E-state index in [-0.39, 0.29) is 12.4 Å². The van der Waals surface area contributed by atoms with Crippen LogP contribution in [0.3, 0.4) is 0 Å². The number of nitrogens with zero attached hydrogens (tertiary/aromatic N) is 1. The lowest BCUT2D eigenvalue weighted by Crippen LogP contribution is -2.55. The largest absolute Gasteiger partial charge is 0.311 e. The van der Waals surface area contributed by atoms with Crippen LogP contribution in [0.25, 0.3) is 0 Å². The molecule has 0 aromatic carbocycles. The Morgan fingerprint density at radius 3 is 2.35 bits per heavy atom. The van der Waals surface area contributed by atoms with Crippen molar-refractivity contribution in [2.75, 3.05) is 19.6 Å². The maximum Gasteiger partial charge on any atom is 0.0193 e. The van der Waals surface area contributed by atoms with Gasteiger partial charge in [0.1, 0.15) is 0 Å². The van der Waals surface area contributed by atoms with Crippen LogP contribution in [0.1, 0.15) is 46.5 Å². The molecule has 0 amide bonds. The predicted octanol–water partition coefficient (Wildman–Crippen LogP) is 2.92. The normalized spacial score (nSPS) is 39.7. The van der Waals surface area contributed by atoms with Crippen molar-refractivity contribution in [3.05, 3.63) is 0 Å². The standard InChI is InChI=1S/C14H28N2.ClH/c1-11-4-6-14(7-5-11)10-16-9-12(2)15-8-13(16)3;/h11-15H,4-10H2,1-3H3;1H. The zero-order chi connectivity index (χ0) is 11.5. The lowest BCUT2D eigenvalue weighted by atomic mass is 9.82. The lowest BCUT2D eigenvalue weighted by Gasteiger charge is -2.40. The number of rotatable bonds is 2. The molecule has 2 nitrogen and oxygen atoms in total. The van der Waals surface area contributed by atoms with E-state index in [0.717, 1.165) is 17.9 Å². The highest BCUT2D eigenvalue weighted by atomic mass is 35.5. The molecule has 102 valence electrons. The van der Waals surface area contributed by atoms with E-state index >= 15 is 0 Å². The highest BCUT2D eigenvalue weighted by Gasteiger charge is 2.26. The Morgan fingerprint density at radius 1 is 1.06 bits per heavy atom. The quantitative estimate of drug-likeness (QED) is 0.821. The molecule has 17 heavy (non-hydrogen) atoms. The number of hydrogen-bond acceptors (Lipinski definition) is 2. The fraction of sp³-hybridized carbons (Fsp3) is 1.00. The van der Waals surface area contributed by atoms with Crippen LogP contribution >= 0.6 is 12.4 Å². The summed E-state index contributed by atoms with van der Waals surface area (Å²) >= 11 is 0. The van der Waals surface area contributed by atoms with Crippen molar-refractivity contribution in [3.63, 3.8) is 0 Å². The van der Waals surface area contributed by atoms with E-state index in [1.165, 1.54) is 45.3 Å². The van der Waals surface area contributed by atoms with Crippen molar-refractivity contribution >= 4 is 12.4 Å². The van der Waals surface area contributed by atoms with E-state index in [2.05, 4.69) is 31.0 Å². The topological polar surface area (TPSA) is 15.3 Å². The van der Waals surface area contributed by atoms with E-state index in [1.807, 2.05) is 0 Å². The fourth-order valence-corrected chi connectivity index (χ4v) is 3.19. The van der Waals surface area contributed by atoms with E-state index in [9.17, 15) is 0 Å². The Bertz CT molecular complexity index is 214. The Balaban J connectivity index is 0.00000144. The minimum absolute atomic E-state index is 0. The Morgan fingerprint density at radius 2 is 1.71 bits per heavy atom. The molecular weight excluding hydrogens is 232 g/mol. The van der Waals surface area contributed by atoms with E-state index < -0.39 is 0 Å². The summed E-state index contributed by atoms with van der Waals surface area (Å²) in [5.41, 5.74) is 0. The molecular formula is C14H29ClN2. The zero-order valence-corrected chi connectivity index (χ0v) is 12.4. The van der Waals surface area contributed by atoms with Gasteiger partial charge in [0.05, 0.1) is 0 Å². The summed E-state index contributed by atoms with van der Waals surface area (Å²) in [6.07, 6.45) is 5.85. The molecule has 0 bridgehead atoms. The summed E-state index contributed by atoms with van der Waals surface area (Å²) in [5.74, 6) is 1.96. The van der Waals surface area contributed by atoms with Crippen LogP contribution in [-0.4, -0.2) is 36.6 Å². The molecule has 0 radical (unpaired) electrons. The highest BCUT2D eigenvalue weighted by molar-refractivity contribution is 5.85. The van der Waals surface area contributed by atoms with Gasteiger partial charge in [-0.15, -0.1) is 12.4 Å². The van der Waals surface area contributed by atoms with Crippen LogP contribution in [0.15, 0.2) is 0 Å². The van der Waals surface area contributed by atoms with Gasteiger partial charge in [-0.1, -0.05) is 19.8 Å². The average molecular weight is 261 g/mol. The number of nitrogens with one attached hydrogen (secondary N) is 1. The first-order chi connectivity index (χ1) is 7.65. The van der Waals surface area contributed by atoms with Gasteiger partial charge in [0.25, 0.3) is 0 Å². The zero-order valence-electron chi connectivity index (χ0n) is 11.6. The molecule has 2 fully saturated rings. The third-order valence-corrected chi connectivity index (χ3v) is 4.52. The third kappa shape index (κ3) is 4.42. The average Bonchev–Trinajstić information content (AvgIpc) is 2.27. The van der Waals surface area contributed by atoms with Crippen molar-refractivity contribution in [3.8, 4) is 0 Å². The van der Waals surface area contributed by atoms with Crippen molar-refractivity contribution in [2.45, 2.75) is 58.5 Å². The van der Waals surface area contributed by atoms with Crippen molar-refractivity contribution in [1.82, 2.24) is 10.2 Å². The fourth-order valence-electron chi connectivity index (χ4n) is 3.19.